The van der Waals surface area contributed by atoms with Crippen LogP contribution < -0.4 is 15.2 Å². The maximum Gasteiger partial charge on any atom is 0.278 e. The molecule has 1 N–H and O–H groups in total. The highest BCUT2D eigenvalue weighted by molar-refractivity contribution is 5.96. The zero-order valence-corrected chi connectivity index (χ0v) is 16.7. The Morgan fingerprint density at radius 1 is 0.935 bits per heavy atom. The van der Waals surface area contributed by atoms with Gasteiger partial charge in [0.2, 0.25) is 5.43 Å². The highest BCUT2D eigenvalue weighted by atomic mass is 16.5. The third-order valence-electron chi connectivity index (χ3n) is 5.59. The molecule has 0 saturated heterocycles. The number of benzene rings is 2. The highest BCUT2D eigenvalue weighted by Crippen LogP contribution is 2.36. The van der Waals surface area contributed by atoms with Gasteiger partial charge in [0, 0.05) is 24.4 Å². The SMILES string of the molecule is O=C1c2c(O)c(=O)ccn2N2CN1C/C=C\COc1ccccc1C2c1ccccc1. The molecular formula is C24H21N3O4. The van der Waals surface area contributed by atoms with Gasteiger partial charge < -0.3 is 14.7 Å². The number of rotatable bonds is 1. The summed E-state index contributed by atoms with van der Waals surface area (Å²) in [7, 11) is 0. The Labute approximate surface area is 179 Å². The van der Waals surface area contributed by atoms with Crippen LogP contribution in [0, 0.1) is 0 Å². The van der Waals surface area contributed by atoms with E-state index in [0.29, 0.717) is 13.2 Å². The summed E-state index contributed by atoms with van der Waals surface area (Å²) >= 11 is 0. The normalized spacial score (nSPS) is 19.0. The van der Waals surface area contributed by atoms with Gasteiger partial charge in [0.1, 0.15) is 25.1 Å². The molecule has 1 aromatic heterocycles. The van der Waals surface area contributed by atoms with Gasteiger partial charge in [-0.2, -0.15) is 0 Å². The second-order valence-corrected chi connectivity index (χ2v) is 7.46. The van der Waals surface area contributed by atoms with Gasteiger partial charge in [0.25, 0.3) is 5.91 Å². The summed E-state index contributed by atoms with van der Waals surface area (Å²) in [4.78, 5) is 26.9. The van der Waals surface area contributed by atoms with E-state index in [4.69, 9.17) is 4.74 Å². The first-order chi connectivity index (χ1) is 15.1. The largest absolute Gasteiger partial charge is 0.502 e. The van der Waals surface area contributed by atoms with Gasteiger partial charge in [-0.15, -0.1) is 0 Å². The second kappa shape index (κ2) is 7.68. The van der Waals surface area contributed by atoms with E-state index in [-0.39, 0.29) is 18.4 Å². The van der Waals surface area contributed by atoms with Gasteiger partial charge in [-0.25, -0.2) is 0 Å². The molecule has 1 unspecified atom stereocenters. The first-order valence-corrected chi connectivity index (χ1v) is 10.1. The number of ether oxygens (including phenoxy) is 1. The number of hydrogen-bond acceptors (Lipinski definition) is 5. The Balaban J connectivity index is 1.80. The van der Waals surface area contributed by atoms with Crippen LogP contribution in [-0.2, 0) is 0 Å². The quantitative estimate of drug-likeness (QED) is 0.619. The van der Waals surface area contributed by atoms with Crippen LogP contribution in [0.5, 0.6) is 11.5 Å². The van der Waals surface area contributed by atoms with Crippen molar-refractivity contribution in [3.8, 4) is 11.5 Å². The van der Waals surface area contributed by atoms with Crippen LogP contribution in [0.4, 0.5) is 0 Å². The number of aromatic nitrogens is 1. The first-order valence-electron chi connectivity index (χ1n) is 10.1. The van der Waals surface area contributed by atoms with Crippen molar-refractivity contribution in [2.75, 3.05) is 24.8 Å². The molecule has 2 aromatic carbocycles. The Bertz CT molecular complexity index is 1220. The lowest BCUT2D eigenvalue weighted by Crippen LogP contribution is -2.55. The number of nitrogens with zero attached hydrogens (tertiary/aromatic N) is 3. The Morgan fingerprint density at radius 2 is 1.71 bits per heavy atom. The van der Waals surface area contributed by atoms with Gasteiger partial charge in [0.05, 0.1) is 0 Å². The Morgan fingerprint density at radius 3 is 2.55 bits per heavy atom. The molecule has 156 valence electrons. The number of carbonyl (C=O) groups excluding carboxylic acids is 1. The Kier molecular flexibility index (Phi) is 4.71. The zero-order chi connectivity index (χ0) is 21.4. The van der Waals surface area contributed by atoms with E-state index >= 15 is 0 Å². The minimum Gasteiger partial charge on any atom is -0.502 e. The lowest BCUT2D eigenvalue weighted by Gasteiger charge is -2.43. The maximum atomic E-state index is 13.2. The summed E-state index contributed by atoms with van der Waals surface area (Å²) < 4.78 is 7.64. The van der Waals surface area contributed by atoms with Gasteiger partial charge in [-0.3, -0.25) is 19.3 Å². The van der Waals surface area contributed by atoms with Gasteiger partial charge in [-0.05, 0) is 17.7 Å². The summed E-state index contributed by atoms with van der Waals surface area (Å²) in [6.07, 6.45) is 5.26. The summed E-state index contributed by atoms with van der Waals surface area (Å²) in [5.41, 5.74) is 1.29. The number of carbonyl (C=O) groups is 1. The molecule has 3 heterocycles. The van der Waals surface area contributed by atoms with E-state index in [0.717, 1.165) is 16.9 Å². The van der Waals surface area contributed by atoms with Crippen LogP contribution in [0.1, 0.15) is 27.7 Å². The molecular weight excluding hydrogens is 394 g/mol. The van der Waals surface area contributed by atoms with Crippen LogP contribution in [-0.4, -0.2) is 40.4 Å². The number of pyridine rings is 1. The van der Waals surface area contributed by atoms with E-state index in [1.54, 1.807) is 15.8 Å². The Hall–Kier alpha value is -4.00. The predicted octanol–water partition coefficient (Wildman–Crippen LogP) is 2.64. The van der Waals surface area contributed by atoms with E-state index in [1.165, 1.54) is 6.07 Å². The topological polar surface area (TPSA) is 75.0 Å². The van der Waals surface area contributed by atoms with Crippen LogP contribution >= 0.6 is 0 Å². The van der Waals surface area contributed by atoms with E-state index < -0.39 is 17.1 Å². The molecule has 3 aromatic rings. The number of para-hydroxylation sites is 1. The fraction of sp³-hybridized carbons (Fsp3) is 0.167. The van der Waals surface area contributed by atoms with Crippen molar-refractivity contribution >= 4 is 5.91 Å². The average Bonchev–Trinajstić information content (AvgIpc) is 2.82. The van der Waals surface area contributed by atoms with Crippen molar-refractivity contribution in [3.63, 3.8) is 0 Å². The molecule has 0 fully saturated rings. The zero-order valence-electron chi connectivity index (χ0n) is 16.7. The minimum atomic E-state index is -0.582. The summed E-state index contributed by atoms with van der Waals surface area (Å²) in [6.45, 7) is 0.974. The van der Waals surface area contributed by atoms with Crippen molar-refractivity contribution in [3.05, 3.63) is 106 Å². The van der Waals surface area contributed by atoms with Crippen LogP contribution in [0.2, 0.25) is 0 Å². The minimum absolute atomic E-state index is 0.0364. The number of fused-ring (bicyclic) bond motifs is 5. The fourth-order valence-corrected chi connectivity index (χ4v) is 4.13. The van der Waals surface area contributed by atoms with Crippen LogP contribution in [0.15, 0.2) is 83.8 Å². The van der Waals surface area contributed by atoms with Crippen LogP contribution in [0.25, 0.3) is 0 Å². The standard InChI is InChI=1S/C24H21N3O4/c28-19-12-14-26-22(23(19)29)24(30)25-13-6-7-15-31-20-11-5-4-10-18(20)21(27(26)16-25)17-8-2-1-3-9-17/h1-12,14,21,29H,13,15-16H2/b7-6-. The molecule has 0 aliphatic carbocycles. The molecule has 0 radical (unpaired) electrons. The van der Waals surface area contributed by atoms with Crippen LogP contribution in [0.3, 0.4) is 0 Å². The molecule has 0 saturated carbocycles. The van der Waals surface area contributed by atoms with Crippen molar-refractivity contribution in [1.82, 2.24) is 9.58 Å². The third-order valence-corrected chi connectivity index (χ3v) is 5.59. The molecule has 7 heteroatoms. The number of amides is 1. The predicted molar refractivity (Wildman–Crippen MR) is 116 cm³/mol. The number of hydrogen-bond donors (Lipinski definition) is 1. The summed E-state index contributed by atoms with van der Waals surface area (Å²) in [6, 6.07) is 18.6. The molecule has 31 heavy (non-hydrogen) atoms. The monoisotopic (exact) mass is 415 g/mol. The fourth-order valence-electron chi connectivity index (χ4n) is 4.13. The smallest absolute Gasteiger partial charge is 0.278 e. The summed E-state index contributed by atoms with van der Waals surface area (Å²) in [5.74, 6) is -0.202. The average molecular weight is 415 g/mol. The van der Waals surface area contributed by atoms with Gasteiger partial charge in [0.15, 0.2) is 11.4 Å². The third kappa shape index (κ3) is 3.24. The molecule has 7 nitrogen and oxygen atoms in total. The van der Waals surface area contributed by atoms with Gasteiger partial charge in [-0.1, -0.05) is 54.6 Å². The van der Waals surface area contributed by atoms with E-state index in [1.807, 2.05) is 71.8 Å². The van der Waals surface area contributed by atoms with E-state index in [2.05, 4.69) is 0 Å². The van der Waals surface area contributed by atoms with Crippen molar-refractivity contribution in [2.24, 2.45) is 0 Å². The second-order valence-electron chi connectivity index (χ2n) is 7.46. The summed E-state index contributed by atoms with van der Waals surface area (Å²) in [5, 5.41) is 12.5. The molecule has 2 aliphatic rings. The molecule has 0 spiro atoms. The highest BCUT2D eigenvalue weighted by Gasteiger charge is 2.37. The van der Waals surface area contributed by atoms with Crippen molar-refractivity contribution in [2.45, 2.75) is 6.04 Å². The molecule has 5 rings (SSSR count). The van der Waals surface area contributed by atoms with Crippen molar-refractivity contribution < 1.29 is 14.6 Å². The lowest BCUT2D eigenvalue weighted by molar-refractivity contribution is 0.0701. The molecule has 2 bridgehead atoms. The molecule has 1 atom stereocenters. The van der Waals surface area contributed by atoms with Gasteiger partial charge >= 0.3 is 0 Å². The lowest BCUT2D eigenvalue weighted by atomic mass is 9.97. The molecule has 1 amide bonds. The van der Waals surface area contributed by atoms with E-state index in [9.17, 15) is 14.7 Å². The number of aromatic hydroxyl groups is 1. The maximum absolute atomic E-state index is 13.2. The van der Waals surface area contributed by atoms with Crippen molar-refractivity contribution in [1.29, 1.82) is 0 Å². The molecule has 2 aliphatic heterocycles. The first kappa shape index (κ1) is 19.0.